The van der Waals surface area contributed by atoms with Crippen LogP contribution in [0.1, 0.15) is 25.7 Å². The van der Waals surface area contributed by atoms with Crippen LogP contribution >= 0.6 is 0 Å². The van der Waals surface area contributed by atoms with Crippen LogP contribution in [0.25, 0.3) is 0 Å². The minimum absolute atomic E-state index is 0.455. The second-order valence-electron chi connectivity index (χ2n) is 7.93. The van der Waals surface area contributed by atoms with E-state index in [9.17, 15) is 0 Å². The van der Waals surface area contributed by atoms with Crippen LogP contribution < -0.4 is 5.32 Å². The molecule has 0 spiro atoms. The molecule has 0 aliphatic carbocycles. The van der Waals surface area contributed by atoms with Gasteiger partial charge in [0.25, 0.3) is 0 Å². The standard InChI is InChI=1S/C18H42As3N3/c1-19(2)11-7-10-18-23(14-8-12-20(3)4)16-22-17-24(18)15-9-13-21(5)6/h18,22H,7-17H2,1-6H3. The van der Waals surface area contributed by atoms with Gasteiger partial charge in [-0.3, -0.25) is 0 Å². The van der Waals surface area contributed by atoms with Crippen LogP contribution in [0, 0.1) is 0 Å². The van der Waals surface area contributed by atoms with Crippen LogP contribution in [0.3, 0.4) is 0 Å². The third-order valence-electron chi connectivity index (χ3n) is 4.64. The number of nitrogens with one attached hydrogen (secondary N) is 1. The molecule has 1 heterocycles. The van der Waals surface area contributed by atoms with Crippen LogP contribution in [0.5, 0.6) is 0 Å². The number of hydrogen-bond donors (Lipinski definition) is 1. The monoisotopic (exact) mass is 525 g/mol. The van der Waals surface area contributed by atoms with E-state index in [1.807, 2.05) is 0 Å². The van der Waals surface area contributed by atoms with Gasteiger partial charge in [0.2, 0.25) is 0 Å². The Balaban J connectivity index is 2.54. The molecule has 0 unspecified atom stereocenters. The summed E-state index contributed by atoms with van der Waals surface area (Å²) in [6.07, 6.45) is 6.39. The maximum atomic E-state index is 3.68. The van der Waals surface area contributed by atoms with Gasteiger partial charge in [0.15, 0.2) is 0 Å². The molecule has 0 atom stereocenters. The van der Waals surface area contributed by atoms with Gasteiger partial charge < -0.3 is 0 Å². The Morgan fingerprint density at radius 1 is 0.708 bits per heavy atom. The topological polar surface area (TPSA) is 18.5 Å². The van der Waals surface area contributed by atoms with Crippen molar-refractivity contribution in [3.63, 3.8) is 0 Å². The van der Waals surface area contributed by atoms with E-state index in [-0.39, 0.29) is 0 Å². The number of nitrogens with zero attached hydrogens (tertiary/aromatic N) is 2. The third-order valence-corrected chi connectivity index (χ3v) is 12.3. The van der Waals surface area contributed by atoms with Crippen LogP contribution in [0.2, 0.25) is 49.9 Å². The Morgan fingerprint density at radius 2 is 1.12 bits per heavy atom. The van der Waals surface area contributed by atoms with Gasteiger partial charge in [0.05, 0.1) is 0 Å². The van der Waals surface area contributed by atoms with Gasteiger partial charge in [0.1, 0.15) is 0 Å². The maximum absolute atomic E-state index is 3.68. The van der Waals surface area contributed by atoms with Gasteiger partial charge >= 0.3 is 167 Å². The zero-order chi connectivity index (χ0) is 17.9. The molecule has 3 nitrogen and oxygen atoms in total. The summed E-state index contributed by atoms with van der Waals surface area (Å²) < 4.78 is 0. The summed E-state index contributed by atoms with van der Waals surface area (Å²) in [5.74, 6) is 0. The van der Waals surface area contributed by atoms with E-state index in [1.165, 1.54) is 54.4 Å². The summed E-state index contributed by atoms with van der Waals surface area (Å²) in [4.78, 5) is 5.52. The summed E-state index contributed by atoms with van der Waals surface area (Å²) in [6.45, 7) is 4.83. The average molecular weight is 525 g/mol. The fourth-order valence-electron chi connectivity index (χ4n) is 3.37. The van der Waals surface area contributed by atoms with Crippen molar-refractivity contribution in [1.29, 1.82) is 0 Å². The van der Waals surface area contributed by atoms with E-state index < -0.39 is 44.0 Å². The van der Waals surface area contributed by atoms with Crippen LogP contribution in [-0.2, 0) is 0 Å². The Labute approximate surface area is 166 Å². The second-order valence-corrected chi connectivity index (χ2v) is 24.3. The van der Waals surface area contributed by atoms with Crippen molar-refractivity contribution in [2.45, 2.75) is 81.7 Å². The van der Waals surface area contributed by atoms with Crippen LogP contribution in [0.15, 0.2) is 0 Å². The minimum atomic E-state index is -0.457. The van der Waals surface area contributed by atoms with Crippen molar-refractivity contribution in [2.75, 3.05) is 26.4 Å². The van der Waals surface area contributed by atoms with E-state index in [1.54, 1.807) is 0 Å². The quantitative estimate of drug-likeness (QED) is 0.385. The third kappa shape index (κ3) is 10.6. The molecule has 0 aromatic carbocycles. The summed E-state index contributed by atoms with van der Waals surface area (Å²) >= 11 is -1.37. The molecule has 0 aromatic rings. The van der Waals surface area contributed by atoms with Gasteiger partial charge in [-0.2, -0.15) is 0 Å². The SMILES string of the molecule is C[As](C)CCCC1N(CCC[As](C)C)CNCN1CCC[As](C)C. The molecule has 1 N–H and O–H groups in total. The molecule has 1 aliphatic heterocycles. The molecule has 1 aliphatic rings. The molecule has 0 bridgehead atoms. The zero-order valence-corrected chi connectivity index (χ0v) is 22.7. The Bertz CT molecular complexity index is 292. The first-order chi connectivity index (χ1) is 11.4. The number of rotatable bonds is 12. The number of hydrogen-bond acceptors (Lipinski definition) is 3. The molecule has 6 heteroatoms. The summed E-state index contributed by atoms with van der Waals surface area (Å²) in [5, 5.41) is 8.22. The van der Waals surface area contributed by atoms with E-state index >= 15 is 0 Å². The van der Waals surface area contributed by atoms with Crippen LogP contribution in [-0.4, -0.2) is 86.3 Å². The molecule has 24 heavy (non-hydrogen) atoms. The van der Waals surface area contributed by atoms with Gasteiger partial charge in [-0.25, -0.2) is 0 Å². The molecule has 0 aromatic heterocycles. The average Bonchev–Trinajstić information content (AvgIpc) is 2.48. The van der Waals surface area contributed by atoms with Gasteiger partial charge in [-0.15, -0.1) is 0 Å². The van der Waals surface area contributed by atoms with Crippen molar-refractivity contribution < 1.29 is 0 Å². The first-order valence-electron chi connectivity index (χ1n) is 9.53. The van der Waals surface area contributed by atoms with E-state index in [2.05, 4.69) is 49.4 Å². The van der Waals surface area contributed by atoms with Crippen molar-refractivity contribution in [3.05, 3.63) is 0 Å². The van der Waals surface area contributed by atoms with E-state index in [0.717, 1.165) is 13.3 Å². The molecule has 1 saturated heterocycles. The van der Waals surface area contributed by atoms with Crippen molar-refractivity contribution in [1.82, 2.24) is 15.1 Å². The van der Waals surface area contributed by atoms with Crippen molar-refractivity contribution in [2.24, 2.45) is 0 Å². The first-order valence-corrected chi connectivity index (χ1v) is 24.8. The molecular weight excluding hydrogens is 483 g/mol. The van der Waals surface area contributed by atoms with Crippen molar-refractivity contribution in [3.8, 4) is 0 Å². The molecular formula is C18H42As3N3. The van der Waals surface area contributed by atoms with E-state index in [4.69, 9.17) is 0 Å². The van der Waals surface area contributed by atoms with Crippen LogP contribution in [0.4, 0.5) is 0 Å². The molecule has 144 valence electrons. The predicted octanol–water partition coefficient (Wildman–Crippen LogP) is 4.26. The van der Waals surface area contributed by atoms with Gasteiger partial charge in [0, 0.05) is 0 Å². The Hall–Kier alpha value is 1.56. The van der Waals surface area contributed by atoms with Gasteiger partial charge in [-0.05, 0) is 0 Å². The fraction of sp³-hybridized carbons (Fsp3) is 1.00. The molecule has 0 amide bonds. The van der Waals surface area contributed by atoms with Gasteiger partial charge in [-0.1, -0.05) is 0 Å². The molecule has 1 fully saturated rings. The summed E-state index contributed by atoms with van der Waals surface area (Å²) in [5.41, 5.74) is 15.0. The second kappa shape index (κ2) is 13.7. The Kier molecular flexibility index (Phi) is 13.5. The summed E-state index contributed by atoms with van der Waals surface area (Å²) in [6, 6.07) is 0. The normalized spacial score (nSPS) is 18.4. The fourth-order valence-corrected chi connectivity index (χ4v) is 8.33. The van der Waals surface area contributed by atoms with E-state index in [0.29, 0.717) is 6.17 Å². The molecule has 1 rings (SSSR count). The Morgan fingerprint density at radius 3 is 1.54 bits per heavy atom. The predicted molar refractivity (Wildman–Crippen MR) is 115 cm³/mol. The summed E-state index contributed by atoms with van der Waals surface area (Å²) in [7, 11) is 0. The molecule has 0 radical (unpaired) electrons. The zero-order valence-electron chi connectivity index (χ0n) is 17.1. The molecule has 0 saturated carbocycles. The van der Waals surface area contributed by atoms with Crippen molar-refractivity contribution >= 4 is 44.0 Å². The first kappa shape index (κ1) is 23.6.